The van der Waals surface area contributed by atoms with Crippen LogP contribution < -0.4 is 25.4 Å². The molecular formula is C23H23N3O7. The van der Waals surface area contributed by atoms with Crippen LogP contribution in [0, 0.1) is 0 Å². The Bertz CT molecular complexity index is 1180. The van der Waals surface area contributed by atoms with Gasteiger partial charge in [0.15, 0.2) is 23.0 Å². The lowest BCUT2D eigenvalue weighted by Gasteiger charge is -2.18. The molecule has 10 nitrogen and oxygen atoms in total. The number of methoxy groups -OCH3 is 2. The van der Waals surface area contributed by atoms with Crippen molar-refractivity contribution in [1.29, 1.82) is 0 Å². The molecule has 0 saturated heterocycles. The van der Waals surface area contributed by atoms with E-state index in [0.717, 1.165) is 0 Å². The van der Waals surface area contributed by atoms with Crippen molar-refractivity contribution in [2.45, 2.75) is 0 Å². The third-order valence-corrected chi connectivity index (χ3v) is 4.65. The maximum atomic E-state index is 11.0. The van der Waals surface area contributed by atoms with Crippen LogP contribution in [-0.4, -0.2) is 48.4 Å². The Balaban J connectivity index is 1.97. The van der Waals surface area contributed by atoms with Gasteiger partial charge in [0.05, 0.1) is 26.0 Å². The molecule has 2 amide bonds. The van der Waals surface area contributed by atoms with Crippen LogP contribution in [0.3, 0.4) is 0 Å². The standard InChI is InChI=1S/C23H23N3O7/c1-31-19-12-16(13-3-6-15(27)7-4-13)22(32-2)21(29)20(19)14-5-8-18(17(28)11-14)33-10-9-25-26-23(24)30/h3-9,11-12,27-29H,10H2,1-2H3,(H3,24,26,30)/b25-9+. The average Bonchev–Trinajstić information content (AvgIpc) is 2.79. The number of hydrogen-bond donors (Lipinski definition) is 5. The summed E-state index contributed by atoms with van der Waals surface area (Å²) in [6.07, 6.45) is 1.26. The number of ether oxygens (including phenoxy) is 3. The molecule has 3 aromatic carbocycles. The minimum Gasteiger partial charge on any atom is -0.508 e. The van der Waals surface area contributed by atoms with Gasteiger partial charge in [0.1, 0.15) is 18.1 Å². The molecule has 0 aliphatic heterocycles. The molecule has 0 saturated carbocycles. The van der Waals surface area contributed by atoms with Gasteiger partial charge in [-0.15, -0.1) is 0 Å². The Hall–Kier alpha value is -4.60. The van der Waals surface area contributed by atoms with E-state index in [4.69, 9.17) is 19.9 Å². The van der Waals surface area contributed by atoms with Crippen molar-refractivity contribution >= 4 is 12.2 Å². The van der Waals surface area contributed by atoms with Crippen LogP contribution in [0.5, 0.6) is 34.5 Å². The second kappa shape index (κ2) is 10.1. The number of nitrogens with one attached hydrogen (secondary N) is 1. The van der Waals surface area contributed by atoms with Gasteiger partial charge >= 0.3 is 6.03 Å². The normalized spacial score (nSPS) is 10.7. The van der Waals surface area contributed by atoms with E-state index >= 15 is 0 Å². The first-order valence-electron chi connectivity index (χ1n) is 9.66. The zero-order valence-corrected chi connectivity index (χ0v) is 17.9. The number of primary amides is 1. The summed E-state index contributed by atoms with van der Waals surface area (Å²) in [5.74, 6) is 0.446. The molecule has 6 N–H and O–H groups in total. The van der Waals surface area contributed by atoms with Gasteiger partial charge in [0.25, 0.3) is 0 Å². The van der Waals surface area contributed by atoms with Gasteiger partial charge in [-0.1, -0.05) is 18.2 Å². The summed E-state index contributed by atoms with van der Waals surface area (Å²) >= 11 is 0. The van der Waals surface area contributed by atoms with Gasteiger partial charge in [0.2, 0.25) is 0 Å². The molecule has 3 aromatic rings. The third-order valence-electron chi connectivity index (χ3n) is 4.65. The summed E-state index contributed by atoms with van der Waals surface area (Å²) < 4.78 is 16.4. The van der Waals surface area contributed by atoms with Gasteiger partial charge in [-0.05, 0) is 41.5 Å². The second-order valence-corrected chi connectivity index (χ2v) is 6.71. The molecule has 0 bridgehead atoms. The van der Waals surface area contributed by atoms with E-state index < -0.39 is 6.03 Å². The number of rotatable bonds is 8. The van der Waals surface area contributed by atoms with Crippen LogP contribution in [0.25, 0.3) is 22.3 Å². The number of amides is 2. The fraction of sp³-hybridized carbons (Fsp3) is 0.130. The molecular weight excluding hydrogens is 430 g/mol. The van der Waals surface area contributed by atoms with Gasteiger partial charge in [-0.2, -0.15) is 5.10 Å². The SMILES string of the molecule is COc1cc(-c2ccc(O)cc2)c(OC)c(O)c1-c1ccc(OC/C=N/NC(N)=O)c(O)c1. The minimum absolute atomic E-state index is 0.0308. The molecule has 0 aliphatic carbocycles. The fourth-order valence-electron chi connectivity index (χ4n) is 3.20. The molecule has 0 aliphatic rings. The van der Waals surface area contributed by atoms with E-state index in [2.05, 4.69) is 5.10 Å². The molecule has 0 heterocycles. The molecule has 0 atom stereocenters. The highest BCUT2D eigenvalue weighted by molar-refractivity contribution is 5.88. The lowest BCUT2D eigenvalue weighted by molar-refractivity contribution is 0.249. The predicted molar refractivity (Wildman–Crippen MR) is 122 cm³/mol. The molecule has 10 heteroatoms. The molecule has 0 spiro atoms. The summed E-state index contributed by atoms with van der Waals surface area (Å²) in [5.41, 5.74) is 8.94. The number of hydrogen-bond acceptors (Lipinski definition) is 8. The molecule has 0 aromatic heterocycles. The number of benzene rings is 3. The van der Waals surface area contributed by atoms with Crippen LogP contribution >= 0.6 is 0 Å². The Morgan fingerprint density at radius 1 is 1.00 bits per heavy atom. The number of nitrogens with two attached hydrogens (primary N) is 1. The highest BCUT2D eigenvalue weighted by Gasteiger charge is 2.22. The van der Waals surface area contributed by atoms with Crippen molar-refractivity contribution in [3.8, 4) is 56.8 Å². The van der Waals surface area contributed by atoms with E-state index in [1.54, 1.807) is 24.3 Å². The van der Waals surface area contributed by atoms with Crippen LogP contribution in [-0.2, 0) is 0 Å². The lowest BCUT2D eigenvalue weighted by Crippen LogP contribution is -2.24. The number of nitrogens with zero attached hydrogens (tertiary/aromatic N) is 1. The largest absolute Gasteiger partial charge is 0.508 e. The predicted octanol–water partition coefficient (Wildman–Crippen LogP) is 3.19. The van der Waals surface area contributed by atoms with Crippen LogP contribution in [0.2, 0.25) is 0 Å². The number of urea groups is 1. The summed E-state index contributed by atoms with van der Waals surface area (Å²) in [5, 5.41) is 34.5. The van der Waals surface area contributed by atoms with Gasteiger partial charge in [0, 0.05) is 5.56 Å². The molecule has 172 valence electrons. The third kappa shape index (κ3) is 5.18. The van der Waals surface area contributed by atoms with E-state index in [-0.39, 0.29) is 35.4 Å². The molecule has 0 unspecified atom stereocenters. The fourth-order valence-corrected chi connectivity index (χ4v) is 3.20. The Morgan fingerprint density at radius 3 is 2.30 bits per heavy atom. The molecule has 0 fully saturated rings. The van der Waals surface area contributed by atoms with E-state index in [0.29, 0.717) is 28.0 Å². The second-order valence-electron chi connectivity index (χ2n) is 6.71. The van der Waals surface area contributed by atoms with E-state index in [9.17, 15) is 20.1 Å². The van der Waals surface area contributed by atoms with Crippen molar-refractivity contribution < 1.29 is 34.3 Å². The van der Waals surface area contributed by atoms with Crippen LogP contribution in [0.4, 0.5) is 4.79 Å². The molecule has 3 rings (SSSR count). The number of aromatic hydroxyl groups is 3. The quantitative estimate of drug-likeness (QED) is 0.259. The maximum absolute atomic E-state index is 11.0. The smallest absolute Gasteiger partial charge is 0.332 e. The summed E-state index contributed by atoms with van der Waals surface area (Å²) in [6, 6.07) is 11.9. The van der Waals surface area contributed by atoms with Crippen molar-refractivity contribution in [1.82, 2.24) is 5.43 Å². The first kappa shape index (κ1) is 23.1. The molecule has 0 radical (unpaired) electrons. The van der Waals surface area contributed by atoms with E-state index in [1.807, 2.05) is 5.43 Å². The first-order valence-corrected chi connectivity index (χ1v) is 9.66. The summed E-state index contributed by atoms with van der Waals surface area (Å²) in [6.45, 7) is -0.0308. The number of carbonyl (C=O) groups is 1. The van der Waals surface area contributed by atoms with Crippen LogP contribution in [0.1, 0.15) is 0 Å². The Kier molecular flexibility index (Phi) is 7.09. The van der Waals surface area contributed by atoms with Gasteiger partial charge in [-0.25, -0.2) is 10.2 Å². The molecule has 33 heavy (non-hydrogen) atoms. The number of phenolic OH excluding ortho intramolecular Hbond substituents is 3. The number of carbonyl (C=O) groups excluding carboxylic acids is 1. The van der Waals surface area contributed by atoms with E-state index in [1.165, 1.54) is 44.7 Å². The average molecular weight is 453 g/mol. The maximum Gasteiger partial charge on any atom is 0.332 e. The zero-order chi connectivity index (χ0) is 24.0. The highest BCUT2D eigenvalue weighted by atomic mass is 16.5. The van der Waals surface area contributed by atoms with Gasteiger partial charge < -0.3 is 35.3 Å². The van der Waals surface area contributed by atoms with Crippen LogP contribution in [0.15, 0.2) is 53.6 Å². The Labute approximate surface area is 189 Å². The minimum atomic E-state index is -0.806. The van der Waals surface area contributed by atoms with Crippen molar-refractivity contribution in [2.24, 2.45) is 10.8 Å². The first-order chi connectivity index (χ1) is 15.8. The summed E-state index contributed by atoms with van der Waals surface area (Å²) in [7, 11) is 2.89. The van der Waals surface area contributed by atoms with Crippen molar-refractivity contribution in [2.75, 3.05) is 20.8 Å². The highest BCUT2D eigenvalue weighted by Crippen LogP contribution is 2.50. The van der Waals surface area contributed by atoms with Crippen molar-refractivity contribution in [3.05, 3.63) is 48.5 Å². The van der Waals surface area contributed by atoms with Gasteiger partial charge in [-0.3, -0.25) is 0 Å². The Morgan fingerprint density at radius 2 is 1.70 bits per heavy atom. The topological polar surface area (TPSA) is 156 Å². The summed E-state index contributed by atoms with van der Waals surface area (Å²) in [4.78, 5) is 10.6. The van der Waals surface area contributed by atoms with Crippen molar-refractivity contribution in [3.63, 3.8) is 0 Å². The number of phenols is 3. The lowest BCUT2D eigenvalue weighted by atomic mass is 9.96. The zero-order valence-electron chi connectivity index (χ0n) is 17.9. The monoisotopic (exact) mass is 453 g/mol. The number of hydrazone groups is 1.